The summed E-state index contributed by atoms with van der Waals surface area (Å²) >= 11 is 1.30. The summed E-state index contributed by atoms with van der Waals surface area (Å²) < 4.78 is 13.5. The number of hydrogen-bond donors (Lipinski definition) is 3. The minimum atomic E-state index is -0.649. The summed E-state index contributed by atoms with van der Waals surface area (Å²) in [6, 6.07) is 4.05. The second-order valence-electron chi connectivity index (χ2n) is 5.57. The fraction of sp³-hybridized carbons (Fsp3) is 0.500. The van der Waals surface area contributed by atoms with Crippen molar-refractivity contribution in [3.05, 3.63) is 24.0 Å². The van der Waals surface area contributed by atoms with Crippen molar-refractivity contribution in [3.8, 4) is 0 Å². The second kappa shape index (κ2) is 6.95. The number of rotatable bonds is 4. The van der Waals surface area contributed by atoms with Crippen molar-refractivity contribution < 1.29 is 14.3 Å². The van der Waals surface area contributed by atoms with Gasteiger partial charge in [0.1, 0.15) is 5.82 Å². The van der Waals surface area contributed by atoms with Crippen molar-refractivity contribution in [2.24, 2.45) is 5.41 Å². The number of nitrogens with one attached hydrogen (secondary N) is 2. The highest BCUT2D eigenvalue weighted by atomic mass is 32.2. The molecule has 6 heteroatoms. The van der Waals surface area contributed by atoms with Gasteiger partial charge < -0.3 is 15.7 Å². The Bertz CT molecular complexity index is 475. The Morgan fingerprint density at radius 2 is 2.10 bits per heavy atom. The molecule has 0 aliphatic rings. The zero-order valence-corrected chi connectivity index (χ0v) is 13.0. The molecule has 1 atom stereocenters. The van der Waals surface area contributed by atoms with Crippen LogP contribution in [0.2, 0.25) is 0 Å². The normalized spacial score (nSPS) is 12.9. The SMILES string of the molecule is CSc1ccc(NC(=O)NCC(O)C(C)(C)C)cc1F. The molecule has 0 bridgehead atoms. The fourth-order valence-electron chi connectivity index (χ4n) is 1.41. The molecule has 0 fully saturated rings. The number of aliphatic hydroxyl groups excluding tert-OH is 1. The topological polar surface area (TPSA) is 61.4 Å². The van der Waals surface area contributed by atoms with Crippen LogP contribution in [-0.4, -0.2) is 30.0 Å². The number of carbonyl (C=O) groups is 1. The number of hydrogen-bond acceptors (Lipinski definition) is 3. The predicted molar refractivity (Wildman–Crippen MR) is 80.7 cm³/mol. The summed E-state index contributed by atoms with van der Waals surface area (Å²) in [5.41, 5.74) is 0.0717. The van der Waals surface area contributed by atoms with Crippen molar-refractivity contribution in [1.29, 1.82) is 0 Å². The smallest absolute Gasteiger partial charge is 0.319 e. The number of halogens is 1. The lowest BCUT2D eigenvalue weighted by atomic mass is 9.89. The van der Waals surface area contributed by atoms with Gasteiger partial charge in [0.2, 0.25) is 0 Å². The van der Waals surface area contributed by atoms with Crippen LogP contribution in [0.25, 0.3) is 0 Å². The van der Waals surface area contributed by atoms with E-state index in [4.69, 9.17) is 0 Å². The lowest BCUT2D eigenvalue weighted by molar-refractivity contribution is 0.0654. The van der Waals surface area contributed by atoms with E-state index < -0.39 is 12.1 Å². The van der Waals surface area contributed by atoms with Gasteiger partial charge in [0.25, 0.3) is 0 Å². The molecule has 2 amide bonds. The summed E-state index contributed by atoms with van der Waals surface area (Å²) in [5.74, 6) is -0.370. The van der Waals surface area contributed by atoms with Gasteiger partial charge in [-0.2, -0.15) is 0 Å². The molecular weight excluding hydrogens is 279 g/mol. The van der Waals surface area contributed by atoms with E-state index in [2.05, 4.69) is 10.6 Å². The molecule has 20 heavy (non-hydrogen) atoms. The fourth-order valence-corrected chi connectivity index (χ4v) is 1.87. The molecule has 0 aromatic heterocycles. The molecule has 1 unspecified atom stereocenters. The first-order chi connectivity index (χ1) is 9.24. The molecule has 0 aliphatic heterocycles. The second-order valence-corrected chi connectivity index (χ2v) is 6.41. The Hall–Kier alpha value is -1.27. The molecule has 0 saturated carbocycles. The minimum absolute atomic E-state index is 0.140. The molecule has 0 spiro atoms. The summed E-state index contributed by atoms with van der Waals surface area (Å²) in [5, 5.41) is 14.9. The van der Waals surface area contributed by atoms with E-state index in [9.17, 15) is 14.3 Å². The van der Waals surface area contributed by atoms with Gasteiger partial charge in [-0.15, -0.1) is 11.8 Å². The van der Waals surface area contributed by atoms with Crippen molar-refractivity contribution in [2.75, 3.05) is 18.1 Å². The van der Waals surface area contributed by atoms with Gasteiger partial charge in [0, 0.05) is 17.1 Å². The third-order valence-corrected chi connectivity index (χ3v) is 3.64. The molecule has 1 aromatic carbocycles. The van der Waals surface area contributed by atoms with Crippen LogP contribution >= 0.6 is 11.8 Å². The Labute approximate surface area is 123 Å². The Morgan fingerprint density at radius 3 is 2.60 bits per heavy atom. The Morgan fingerprint density at radius 1 is 1.45 bits per heavy atom. The molecule has 3 N–H and O–H groups in total. The first-order valence-electron chi connectivity index (χ1n) is 6.30. The maximum absolute atomic E-state index is 13.5. The van der Waals surface area contributed by atoms with E-state index >= 15 is 0 Å². The number of thioether (sulfide) groups is 1. The summed E-state index contributed by atoms with van der Waals surface area (Å²) in [7, 11) is 0. The van der Waals surface area contributed by atoms with Crippen LogP contribution in [0.4, 0.5) is 14.9 Å². The number of amides is 2. The third kappa shape index (κ3) is 5.02. The van der Waals surface area contributed by atoms with Gasteiger partial charge in [-0.05, 0) is 29.9 Å². The van der Waals surface area contributed by atoms with Gasteiger partial charge in [-0.25, -0.2) is 9.18 Å². The van der Waals surface area contributed by atoms with Crippen LogP contribution in [0.1, 0.15) is 20.8 Å². The largest absolute Gasteiger partial charge is 0.391 e. The molecule has 0 heterocycles. The summed E-state index contributed by atoms with van der Waals surface area (Å²) in [6.45, 7) is 5.79. The van der Waals surface area contributed by atoms with Gasteiger partial charge in [-0.1, -0.05) is 20.8 Å². The van der Waals surface area contributed by atoms with Crippen LogP contribution in [0.3, 0.4) is 0 Å². The van der Waals surface area contributed by atoms with Gasteiger partial charge in [-0.3, -0.25) is 0 Å². The molecular formula is C14H21FN2O2S. The maximum Gasteiger partial charge on any atom is 0.319 e. The number of carbonyl (C=O) groups excluding carboxylic acids is 1. The van der Waals surface area contributed by atoms with E-state index in [0.717, 1.165) is 0 Å². The summed E-state index contributed by atoms with van der Waals surface area (Å²) in [6.07, 6.45) is 1.13. The van der Waals surface area contributed by atoms with E-state index in [-0.39, 0.29) is 17.8 Å². The maximum atomic E-state index is 13.5. The molecule has 4 nitrogen and oxygen atoms in total. The lowest BCUT2D eigenvalue weighted by Gasteiger charge is -2.25. The highest BCUT2D eigenvalue weighted by Crippen LogP contribution is 2.22. The van der Waals surface area contributed by atoms with E-state index in [0.29, 0.717) is 10.6 Å². The zero-order chi connectivity index (χ0) is 15.3. The first kappa shape index (κ1) is 16.8. The predicted octanol–water partition coefficient (Wildman–Crippen LogP) is 3.08. The van der Waals surface area contributed by atoms with Crippen molar-refractivity contribution in [3.63, 3.8) is 0 Å². The van der Waals surface area contributed by atoms with Gasteiger partial charge in [0.05, 0.1) is 6.10 Å². The standard InChI is InChI=1S/C14H21FN2O2S/c1-14(2,3)12(18)8-16-13(19)17-9-5-6-11(20-4)10(15)7-9/h5-7,12,18H,8H2,1-4H3,(H2,16,17,19). The van der Waals surface area contributed by atoms with Crippen molar-refractivity contribution in [2.45, 2.75) is 31.8 Å². The average molecular weight is 300 g/mol. The molecule has 0 aliphatic carbocycles. The van der Waals surface area contributed by atoms with Gasteiger partial charge >= 0.3 is 6.03 Å². The van der Waals surface area contributed by atoms with E-state index in [1.54, 1.807) is 18.4 Å². The van der Waals surface area contributed by atoms with Crippen LogP contribution in [0, 0.1) is 11.2 Å². The third-order valence-electron chi connectivity index (χ3n) is 2.87. The van der Waals surface area contributed by atoms with Crippen LogP contribution in [0.15, 0.2) is 23.1 Å². The Balaban J connectivity index is 2.53. The lowest BCUT2D eigenvalue weighted by Crippen LogP contribution is -2.40. The zero-order valence-electron chi connectivity index (χ0n) is 12.2. The van der Waals surface area contributed by atoms with Crippen LogP contribution in [-0.2, 0) is 0 Å². The monoisotopic (exact) mass is 300 g/mol. The molecule has 1 aromatic rings. The first-order valence-corrected chi connectivity index (χ1v) is 7.53. The van der Waals surface area contributed by atoms with Crippen LogP contribution < -0.4 is 10.6 Å². The van der Waals surface area contributed by atoms with Gasteiger partial charge in [0.15, 0.2) is 0 Å². The van der Waals surface area contributed by atoms with Crippen molar-refractivity contribution in [1.82, 2.24) is 5.32 Å². The number of aliphatic hydroxyl groups is 1. The van der Waals surface area contributed by atoms with Crippen LogP contribution in [0.5, 0.6) is 0 Å². The minimum Gasteiger partial charge on any atom is -0.391 e. The average Bonchev–Trinajstić information content (AvgIpc) is 2.35. The van der Waals surface area contributed by atoms with Crippen molar-refractivity contribution >= 4 is 23.5 Å². The molecule has 0 radical (unpaired) electrons. The number of anilines is 1. The number of urea groups is 1. The molecule has 1 rings (SSSR count). The molecule has 0 saturated heterocycles. The van der Waals surface area contributed by atoms with E-state index in [1.807, 2.05) is 20.8 Å². The molecule has 112 valence electrons. The summed E-state index contributed by atoms with van der Waals surface area (Å²) in [4.78, 5) is 12.2. The number of benzene rings is 1. The van der Waals surface area contributed by atoms with E-state index in [1.165, 1.54) is 17.8 Å². The highest BCUT2D eigenvalue weighted by Gasteiger charge is 2.22. The Kier molecular flexibility index (Phi) is 5.83. The quantitative estimate of drug-likeness (QED) is 0.749. The highest BCUT2D eigenvalue weighted by molar-refractivity contribution is 7.98.